The van der Waals surface area contributed by atoms with Crippen LogP contribution in [-0.4, -0.2) is 10.9 Å². The van der Waals surface area contributed by atoms with E-state index in [0.29, 0.717) is 5.69 Å². The number of H-pyrrole nitrogens is 1. The smallest absolute Gasteiger partial charge is 0.268 e. The SMILES string of the molecule is C#Cc1ccc2[nH]c(C(=O)NC3(c4ccccc4)CCCC3)cc2c1. The highest BCUT2D eigenvalue weighted by molar-refractivity contribution is 5.98. The summed E-state index contributed by atoms with van der Waals surface area (Å²) < 4.78 is 0. The van der Waals surface area contributed by atoms with Crippen LogP contribution in [0.3, 0.4) is 0 Å². The lowest BCUT2D eigenvalue weighted by Gasteiger charge is -2.31. The molecule has 0 radical (unpaired) electrons. The molecule has 0 spiro atoms. The lowest BCUT2D eigenvalue weighted by Crippen LogP contribution is -2.43. The van der Waals surface area contributed by atoms with Gasteiger partial charge in [-0.25, -0.2) is 0 Å². The van der Waals surface area contributed by atoms with Crippen molar-refractivity contribution in [2.24, 2.45) is 0 Å². The summed E-state index contributed by atoms with van der Waals surface area (Å²) in [6, 6.07) is 17.9. The number of benzene rings is 2. The molecule has 0 bridgehead atoms. The van der Waals surface area contributed by atoms with Crippen LogP contribution in [-0.2, 0) is 5.54 Å². The Hall–Kier alpha value is -2.99. The Morgan fingerprint density at radius 3 is 2.56 bits per heavy atom. The molecule has 2 N–H and O–H groups in total. The van der Waals surface area contributed by atoms with E-state index in [9.17, 15) is 4.79 Å². The molecule has 3 nitrogen and oxygen atoms in total. The second-order valence-corrected chi connectivity index (χ2v) is 6.74. The number of terminal acetylenes is 1. The molecule has 1 aliphatic rings. The van der Waals surface area contributed by atoms with E-state index < -0.39 is 0 Å². The third kappa shape index (κ3) is 2.81. The molecule has 1 amide bonds. The number of aromatic nitrogens is 1. The van der Waals surface area contributed by atoms with Crippen LogP contribution in [0.4, 0.5) is 0 Å². The Morgan fingerprint density at radius 1 is 1.08 bits per heavy atom. The molecule has 0 atom stereocenters. The average Bonchev–Trinajstić information content (AvgIpc) is 3.29. The molecule has 3 heteroatoms. The minimum absolute atomic E-state index is 0.0655. The molecule has 4 rings (SSSR count). The Labute approximate surface area is 147 Å². The quantitative estimate of drug-likeness (QED) is 0.690. The number of amides is 1. The van der Waals surface area contributed by atoms with E-state index in [1.54, 1.807) is 0 Å². The van der Waals surface area contributed by atoms with Crippen LogP contribution in [0.2, 0.25) is 0 Å². The van der Waals surface area contributed by atoms with Crippen LogP contribution in [0.5, 0.6) is 0 Å². The van der Waals surface area contributed by atoms with Gasteiger partial charge in [-0.1, -0.05) is 49.1 Å². The van der Waals surface area contributed by atoms with Gasteiger partial charge in [0.2, 0.25) is 0 Å². The molecule has 0 unspecified atom stereocenters. The summed E-state index contributed by atoms with van der Waals surface area (Å²) in [6.07, 6.45) is 9.68. The predicted molar refractivity (Wildman–Crippen MR) is 100 cm³/mol. The van der Waals surface area contributed by atoms with Crippen LogP contribution >= 0.6 is 0 Å². The molecule has 1 fully saturated rings. The predicted octanol–water partition coefficient (Wildman–Crippen LogP) is 4.35. The average molecular weight is 328 g/mol. The van der Waals surface area contributed by atoms with Gasteiger partial charge in [0.1, 0.15) is 5.69 Å². The van der Waals surface area contributed by atoms with Crippen molar-refractivity contribution in [2.75, 3.05) is 0 Å². The summed E-state index contributed by atoms with van der Waals surface area (Å²) in [5.41, 5.74) is 3.23. The minimum atomic E-state index is -0.264. The highest BCUT2D eigenvalue weighted by Gasteiger charge is 2.37. The van der Waals surface area contributed by atoms with E-state index in [4.69, 9.17) is 6.42 Å². The molecule has 1 saturated carbocycles. The second-order valence-electron chi connectivity index (χ2n) is 6.74. The van der Waals surface area contributed by atoms with Gasteiger partial charge < -0.3 is 10.3 Å². The fraction of sp³-hybridized carbons (Fsp3) is 0.227. The van der Waals surface area contributed by atoms with Crippen LogP contribution in [0.1, 0.15) is 47.3 Å². The third-order valence-corrected chi connectivity index (χ3v) is 5.17. The topological polar surface area (TPSA) is 44.9 Å². The molecule has 0 aliphatic heterocycles. The van der Waals surface area contributed by atoms with Crippen LogP contribution in [0.15, 0.2) is 54.6 Å². The maximum Gasteiger partial charge on any atom is 0.268 e. The lowest BCUT2D eigenvalue weighted by atomic mass is 9.88. The molecule has 1 aliphatic carbocycles. The van der Waals surface area contributed by atoms with E-state index in [0.717, 1.165) is 42.1 Å². The van der Waals surface area contributed by atoms with Crippen molar-refractivity contribution in [1.29, 1.82) is 0 Å². The zero-order valence-corrected chi connectivity index (χ0v) is 14.0. The van der Waals surface area contributed by atoms with Crippen molar-refractivity contribution >= 4 is 16.8 Å². The molecule has 124 valence electrons. The van der Waals surface area contributed by atoms with Crippen molar-refractivity contribution in [3.63, 3.8) is 0 Å². The second kappa shape index (κ2) is 6.14. The molecule has 1 heterocycles. The molecule has 2 aromatic carbocycles. The summed E-state index contributed by atoms with van der Waals surface area (Å²) in [5, 5.41) is 4.26. The lowest BCUT2D eigenvalue weighted by molar-refractivity contribution is 0.0894. The van der Waals surface area contributed by atoms with Gasteiger partial charge in [0, 0.05) is 16.5 Å². The maximum absolute atomic E-state index is 12.9. The standard InChI is InChI=1S/C22H20N2O/c1-2-16-10-11-19-17(14-16)15-20(23-19)21(25)24-22(12-6-7-13-22)18-8-4-3-5-9-18/h1,3-5,8-11,14-15,23H,6-7,12-13H2,(H,24,25). The summed E-state index contributed by atoms with van der Waals surface area (Å²) >= 11 is 0. The van der Waals surface area contributed by atoms with Gasteiger partial charge in [-0.05, 0) is 42.7 Å². The van der Waals surface area contributed by atoms with Crippen molar-refractivity contribution in [3.8, 4) is 12.3 Å². The fourth-order valence-corrected chi connectivity index (χ4v) is 3.85. The number of rotatable bonds is 3. The molecular formula is C22H20N2O. The number of hydrogen-bond acceptors (Lipinski definition) is 1. The van der Waals surface area contributed by atoms with Gasteiger partial charge in [0.25, 0.3) is 5.91 Å². The van der Waals surface area contributed by atoms with Crippen molar-refractivity contribution < 1.29 is 4.79 Å². The zero-order valence-electron chi connectivity index (χ0n) is 14.0. The number of fused-ring (bicyclic) bond motifs is 1. The highest BCUT2D eigenvalue weighted by Crippen LogP contribution is 2.38. The van der Waals surface area contributed by atoms with E-state index in [1.165, 1.54) is 5.56 Å². The van der Waals surface area contributed by atoms with Crippen LogP contribution in [0, 0.1) is 12.3 Å². The Morgan fingerprint density at radius 2 is 1.84 bits per heavy atom. The minimum Gasteiger partial charge on any atom is -0.351 e. The maximum atomic E-state index is 12.9. The first-order valence-electron chi connectivity index (χ1n) is 8.68. The van der Waals surface area contributed by atoms with E-state index >= 15 is 0 Å². The highest BCUT2D eigenvalue weighted by atomic mass is 16.2. The van der Waals surface area contributed by atoms with Gasteiger partial charge >= 0.3 is 0 Å². The summed E-state index contributed by atoms with van der Waals surface area (Å²) in [4.78, 5) is 16.1. The van der Waals surface area contributed by atoms with Gasteiger partial charge in [0.05, 0.1) is 5.54 Å². The Bertz CT molecular complexity index is 957. The van der Waals surface area contributed by atoms with Crippen LogP contribution < -0.4 is 5.32 Å². The first-order chi connectivity index (χ1) is 12.2. The Balaban J connectivity index is 1.65. The summed E-state index contributed by atoms with van der Waals surface area (Å²) in [5.74, 6) is 2.56. The molecule has 0 saturated heterocycles. The first-order valence-corrected chi connectivity index (χ1v) is 8.68. The zero-order chi connectivity index (χ0) is 17.3. The number of nitrogens with one attached hydrogen (secondary N) is 2. The largest absolute Gasteiger partial charge is 0.351 e. The third-order valence-electron chi connectivity index (χ3n) is 5.17. The number of aromatic amines is 1. The van der Waals surface area contributed by atoms with Crippen molar-refractivity contribution in [1.82, 2.24) is 10.3 Å². The number of carbonyl (C=O) groups is 1. The molecular weight excluding hydrogens is 308 g/mol. The number of carbonyl (C=O) groups excluding carboxylic acids is 1. The molecule has 3 aromatic rings. The number of hydrogen-bond donors (Lipinski definition) is 2. The Kier molecular flexibility index (Phi) is 3.82. The molecule has 25 heavy (non-hydrogen) atoms. The summed E-state index contributed by atoms with van der Waals surface area (Å²) in [7, 11) is 0. The van der Waals surface area contributed by atoms with E-state index in [2.05, 4.69) is 28.4 Å². The first kappa shape index (κ1) is 15.5. The van der Waals surface area contributed by atoms with Crippen molar-refractivity contribution in [2.45, 2.75) is 31.2 Å². The van der Waals surface area contributed by atoms with Gasteiger partial charge in [-0.15, -0.1) is 6.42 Å². The monoisotopic (exact) mass is 328 g/mol. The van der Waals surface area contributed by atoms with Gasteiger partial charge in [-0.3, -0.25) is 4.79 Å². The summed E-state index contributed by atoms with van der Waals surface area (Å²) in [6.45, 7) is 0. The fourth-order valence-electron chi connectivity index (χ4n) is 3.85. The van der Waals surface area contributed by atoms with Crippen LogP contribution in [0.25, 0.3) is 10.9 Å². The van der Waals surface area contributed by atoms with Gasteiger partial charge in [0.15, 0.2) is 0 Å². The van der Waals surface area contributed by atoms with E-state index in [-0.39, 0.29) is 11.4 Å². The normalized spacial score (nSPS) is 15.8. The van der Waals surface area contributed by atoms with Crippen molar-refractivity contribution in [3.05, 3.63) is 71.4 Å². The molecule has 1 aromatic heterocycles. The van der Waals surface area contributed by atoms with E-state index in [1.807, 2.05) is 42.5 Å². The van der Waals surface area contributed by atoms with Gasteiger partial charge in [-0.2, -0.15) is 0 Å².